The van der Waals surface area contributed by atoms with Crippen LogP contribution in [0, 0.1) is 0 Å². The Hall–Kier alpha value is -0.840. The van der Waals surface area contributed by atoms with E-state index in [1.807, 2.05) is 11.6 Å². The molecule has 1 atom stereocenters. The van der Waals surface area contributed by atoms with Gasteiger partial charge in [0.1, 0.15) is 12.1 Å². The molecule has 1 saturated carbocycles. The van der Waals surface area contributed by atoms with Gasteiger partial charge >= 0.3 is 0 Å². The molecule has 0 aliphatic heterocycles. The minimum absolute atomic E-state index is 0.103. The molecule has 2 rings (SSSR count). The largest absolute Gasteiger partial charge is 0.312 e. The van der Waals surface area contributed by atoms with Crippen LogP contribution in [-0.4, -0.2) is 25.8 Å². The Kier molecular flexibility index (Phi) is 2.86. The number of rotatable bonds is 2. The maximum Gasteiger partial charge on any atom is 0.191 e. The van der Waals surface area contributed by atoms with Gasteiger partial charge in [0.2, 0.25) is 0 Å². The van der Waals surface area contributed by atoms with E-state index in [0.717, 1.165) is 30.8 Å². The molecule has 1 aromatic rings. The van der Waals surface area contributed by atoms with Crippen LogP contribution < -0.4 is 0 Å². The third kappa shape index (κ3) is 1.97. The van der Waals surface area contributed by atoms with Crippen molar-refractivity contribution in [2.75, 3.05) is 0 Å². The quantitative estimate of drug-likeness (QED) is 0.742. The molecule has 0 radical (unpaired) electrons. The summed E-state index contributed by atoms with van der Waals surface area (Å²) in [5.74, 6) is 0.365. The number of carbonyl (C=O) groups excluding carboxylic acids is 1. The predicted molar refractivity (Wildman–Crippen MR) is 54.1 cm³/mol. The Morgan fingerprint density at radius 1 is 1.57 bits per heavy atom. The van der Waals surface area contributed by atoms with Gasteiger partial charge in [0.15, 0.2) is 5.16 Å². The average molecular weight is 211 g/mol. The summed E-state index contributed by atoms with van der Waals surface area (Å²) in [5, 5.41) is 8.70. The molecular formula is C9H13N3OS. The van der Waals surface area contributed by atoms with Crippen LogP contribution in [0.5, 0.6) is 0 Å². The Labute approximate surface area is 87.1 Å². The molecule has 0 spiro atoms. The first kappa shape index (κ1) is 9.71. The molecule has 0 saturated heterocycles. The highest BCUT2D eigenvalue weighted by atomic mass is 32.2. The van der Waals surface area contributed by atoms with Gasteiger partial charge in [-0.15, -0.1) is 10.2 Å². The van der Waals surface area contributed by atoms with Crippen LogP contribution in [0.25, 0.3) is 0 Å². The van der Waals surface area contributed by atoms with Gasteiger partial charge in [-0.1, -0.05) is 18.2 Å². The zero-order valence-electron chi connectivity index (χ0n) is 8.14. The second-order valence-corrected chi connectivity index (χ2v) is 4.71. The fourth-order valence-corrected chi connectivity index (χ4v) is 2.68. The number of thioether (sulfide) groups is 1. The number of aromatic nitrogens is 3. The van der Waals surface area contributed by atoms with Crippen molar-refractivity contribution >= 4 is 17.5 Å². The molecule has 76 valence electrons. The van der Waals surface area contributed by atoms with Gasteiger partial charge in [-0.3, -0.25) is 4.79 Å². The summed E-state index contributed by atoms with van der Waals surface area (Å²) in [6.45, 7) is 0. The number of hydrogen-bond acceptors (Lipinski definition) is 4. The van der Waals surface area contributed by atoms with E-state index in [1.54, 1.807) is 18.1 Å². The molecule has 1 aliphatic rings. The molecule has 14 heavy (non-hydrogen) atoms. The third-order valence-corrected chi connectivity index (χ3v) is 3.78. The van der Waals surface area contributed by atoms with Gasteiger partial charge in [0.25, 0.3) is 0 Å². The highest BCUT2D eigenvalue weighted by molar-refractivity contribution is 8.00. The monoisotopic (exact) mass is 211 g/mol. The van der Waals surface area contributed by atoms with Gasteiger partial charge in [-0.2, -0.15) is 0 Å². The summed E-state index contributed by atoms with van der Waals surface area (Å²) in [6, 6.07) is 0. The first-order valence-electron chi connectivity index (χ1n) is 4.81. The number of ketones is 1. The van der Waals surface area contributed by atoms with Crippen LogP contribution in [0.1, 0.15) is 25.7 Å². The van der Waals surface area contributed by atoms with E-state index in [1.165, 1.54) is 0 Å². The van der Waals surface area contributed by atoms with Crippen molar-refractivity contribution in [3.05, 3.63) is 6.33 Å². The highest BCUT2D eigenvalue weighted by Gasteiger charge is 2.24. The van der Waals surface area contributed by atoms with Gasteiger partial charge < -0.3 is 4.57 Å². The minimum atomic E-state index is 0.103. The van der Waals surface area contributed by atoms with Crippen molar-refractivity contribution in [2.24, 2.45) is 7.05 Å². The van der Waals surface area contributed by atoms with Crippen LogP contribution in [0.15, 0.2) is 11.5 Å². The van der Waals surface area contributed by atoms with E-state index in [2.05, 4.69) is 10.2 Å². The summed E-state index contributed by atoms with van der Waals surface area (Å²) in [4.78, 5) is 11.6. The molecule has 1 aliphatic carbocycles. The first-order valence-corrected chi connectivity index (χ1v) is 5.68. The summed E-state index contributed by atoms with van der Waals surface area (Å²) >= 11 is 1.55. The first-order chi connectivity index (χ1) is 6.77. The van der Waals surface area contributed by atoms with E-state index in [0.29, 0.717) is 5.78 Å². The molecular weight excluding hydrogens is 198 g/mol. The van der Waals surface area contributed by atoms with Crippen molar-refractivity contribution < 1.29 is 4.79 Å². The molecule has 1 heterocycles. The van der Waals surface area contributed by atoms with E-state index < -0.39 is 0 Å². The molecule has 0 bridgehead atoms. The molecule has 4 nitrogen and oxygen atoms in total. The molecule has 0 aromatic carbocycles. The van der Waals surface area contributed by atoms with Gasteiger partial charge in [-0.25, -0.2) is 0 Å². The minimum Gasteiger partial charge on any atom is -0.312 e. The smallest absolute Gasteiger partial charge is 0.191 e. The topological polar surface area (TPSA) is 47.8 Å². The summed E-state index contributed by atoms with van der Waals surface area (Å²) < 4.78 is 1.85. The molecule has 1 aromatic heterocycles. The second-order valence-electron chi connectivity index (χ2n) is 3.54. The fourth-order valence-electron chi connectivity index (χ4n) is 1.58. The highest BCUT2D eigenvalue weighted by Crippen LogP contribution is 2.29. The van der Waals surface area contributed by atoms with Crippen LogP contribution in [-0.2, 0) is 11.8 Å². The van der Waals surface area contributed by atoms with Gasteiger partial charge in [-0.05, 0) is 12.8 Å². The van der Waals surface area contributed by atoms with Crippen LogP contribution in [0.4, 0.5) is 0 Å². The Morgan fingerprint density at radius 2 is 2.43 bits per heavy atom. The summed E-state index contributed by atoms with van der Waals surface area (Å²) in [6.07, 6.45) is 5.58. The fraction of sp³-hybridized carbons (Fsp3) is 0.667. The van der Waals surface area contributed by atoms with Crippen molar-refractivity contribution in [1.82, 2.24) is 14.8 Å². The third-order valence-electron chi connectivity index (χ3n) is 2.42. The lowest BCUT2D eigenvalue weighted by Gasteiger charge is -2.18. The number of hydrogen-bond donors (Lipinski definition) is 0. The predicted octanol–water partition coefficient (Wildman–Crippen LogP) is 1.42. The lowest BCUT2D eigenvalue weighted by molar-refractivity contribution is -0.119. The van der Waals surface area contributed by atoms with Crippen LogP contribution >= 0.6 is 11.8 Å². The molecule has 0 amide bonds. The van der Waals surface area contributed by atoms with Gasteiger partial charge in [0, 0.05) is 13.5 Å². The van der Waals surface area contributed by atoms with E-state index in [9.17, 15) is 4.79 Å². The van der Waals surface area contributed by atoms with E-state index >= 15 is 0 Å². The Bertz CT molecular complexity index is 337. The van der Waals surface area contributed by atoms with Crippen molar-refractivity contribution in [3.8, 4) is 0 Å². The Morgan fingerprint density at radius 3 is 3.07 bits per heavy atom. The number of aryl methyl sites for hydroxylation is 1. The van der Waals surface area contributed by atoms with Crippen molar-refractivity contribution in [3.63, 3.8) is 0 Å². The average Bonchev–Trinajstić information content (AvgIpc) is 2.56. The number of carbonyl (C=O) groups is 1. The van der Waals surface area contributed by atoms with E-state index in [-0.39, 0.29) is 5.25 Å². The lowest BCUT2D eigenvalue weighted by Crippen LogP contribution is -2.21. The number of Topliss-reactive ketones (excluding diaryl/α,β-unsaturated/α-hetero) is 1. The molecule has 5 heteroatoms. The van der Waals surface area contributed by atoms with Crippen LogP contribution in [0.2, 0.25) is 0 Å². The van der Waals surface area contributed by atoms with Gasteiger partial charge in [0.05, 0.1) is 5.25 Å². The summed E-state index contributed by atoms with van der Waals surface area (Å²) in [5.41, 5.74) is 0. The SMILES string of the molecule is Cn1cnnc1S[C@@H]1CCCCC1=O. The zero-order chi connectivity index (χ0) is 9.97. The van der Waals surface area contributed by atoms with E-state index in [4.69, 9.17) is 0 Å². The normalized spacial score (nSPS) is 22.6. The van der Waals surface area contributed by atoms with Crippen molar-refractivity contribution in [1.29, 1.82) is 0 Å². The second kappa shape index (κ2) is 4.13. The maximum absolute atomic E-state index is 11.6. The maximum atomic E-state index is 11.6. The van der Waals surface area contributed by atoms with Crippen LogP contribution in [0.3, 0.4) is 0 Å². The Balaban J connectivity index is 2.03. The standard InChI is InChI=1S/C9H13N3OS/c1-12-6-10-11-9(12)14-8-5-3-2-4-7(8)13/h6,8H,2-5H2,1H3/t8-/m1/s1. The lowest BCUT2D eigenvalue weighted by atomic mass is 9.99. The van der Waals surface area contributed by atoms with Crippen molar-refractivity contribution in [2.45, 2.75) is 36.1 Å². The number of nitrogens with zero attached hydrogens (tertiary/aromatic N) is 3. The molecule has 0 N–H and O–H groups in total. The molecule has 1 fully saturated rings. The molecule has 0 unspecified atom stereocenters. The summed E-state index contributed by atoms with van der Waals surface area (Å²) in [7, 11) is 1.90. The zero-order valence-corrected chi connectivity index (χ0v) is 8.96.